The second-order valence-corrected chi connectivity index (χ2v) is 11.3. The van der Waals surface area contributed by atoms with Crippen molar-refractivity contribution >= 4 is 62.4 Å². The molecule has 2 aromatic rings. The maximum atomic E-state index is 14.2. The summed E-state index contributed by atoms with van der Waals surface area (Å²) in [7, 11) is -1.14. The number of ether oxygens (including phenoxy) is 2. The van der Waals surface area contributed by atoms with E-state index in [-0.39, 0.29) is 39.4 Å². The first-order valence-electron chi connectivity index (χ1n) is 10.1. The zero-order valence-corrected chi connectivity index (χ0v) is 20.8. The standard InChI is InChI=1S/C21H20ClFN4O6S2/c1-24-14-9-16-12(8-13(14)23)20(28)27(10-33-16)15-4-3-11(7-17(15)32-2)25-21(29)26-35(30,31)19-6-5-18(22)34-19/h3-4,6-9,18,24H,5,10H2,1-2H3,(H2,25,26,29). The van der Waals surface area contributed by atoms with Crippen molar-refractivity contribution in [3.8, 4) is 11.5 Å². The second-order valence-electron chi connectivity index (χ2n) is 7.32. The normalized spacial score (nSPS) is 17.3. The molecule has 3 amide bonds. The van der Waals surface area contributed by atoms with Gasteiger partial charge in [-0.3, -0.25) is 9.69 Å². The van der Waals surface area contributed by atoms with Gasteiger partial charge < -0.3 is 20.1 Å². The van der Waals surface area contributed by atoms with E-state index < -0.39 is 32.5 Å². The van der Waals surface area contributed by atoms with Gasteiger partial charge in [-0.2, -0.15) is 0 Å². The number of urea groups is 1. The number of carbonyl (C=O) groups is 2. The van der Waals surface area contributed by atoms with Crippen LogP contribution in [-0.4, -0.2) is 46.0 Å². The van der Waals surface area contributed by atoms with Crippen molar-refractivity contribution in [2.75, 3.05) is 36.4 Å². The summed E-state index contributed by atoms with van der Waals surface area (Å²) in [4.78, 5) is 26.6. The van der Waals surface area contributed by atoms with Crippen molar-refractivity contribution in [3.05, 3.63) is 52.0 Å². The van der Waals surface area contributed by atoms with Crippen LogP contribution in [0.2, 0.25) is 0 Å². The molecule has 35 heavy (non-hydrogen) atoms. The lowest BCUT2D eigenvalue weighted by Gasteiger charge is -2.30. The zero-order chi connectivity index (χ0) is 25.3. The molecule has 1 unspecified atom stereocenters. The summed E-state index contributed by atoms with van der Waals surface area (Å²) in [6, 6.07) is 5.86. The van der Waals surface area contributed by atoms with Gasteiger partial charge in [0.1, 0.15) is 21.6 Å². The number of halogens is 2. The number of fused-ring (bicyclic) bond motifs is 1. The lowest BCUT2D eigenvalue weighted by Crippen LogP contribution is -2.39. The molecule has 3 N–H and O–H groups in total. The minimum Gasteiger partial charge on any atom is -0.494 e. The molecule has 2 aliphatic heterocycles. The molecule has 2 aliphatic rings. The third-order valence-corrected chi connectivity index (χ3v) is 8.49. The van der Waals surface area contributed by atoms with Crippen LogP contribution in [0.5, 0.6) is 11.5 Å². The molecular weight excluding hydrogens is 523 g/mol. The Balaban J connectivity index is 1.51. The maximum absolute atomic E-state index is 14.2. The molecule has 1 atom stereocenters. The van der Waals surface area contributed by atoms with Gasteiger partial charge in [0, 0.05) is 24.9 Å². The van der Waals surface area contributed by atoms with E-state index in [9.17, 15) is 22.4 Å². The van der Waals surface area contributed by atoms with Crippen LogP contribution in [0.3, 0.4) is 0 Å². The molecule has 0 saturated carbocycles. The molecule has 0 aliphatic carbocycles. The van der Waals surface area contributed by atoms with E-state index in [1.807, 2.05) is 4.72 Å². The monoisotopic (exact) mass is 542 g/mol. The van der Waals surface area contributed by atoms with E-state index in [2.05, 4.69) is 10.6 Å². The summed E-state index contributed by atoms with van der Waals surface area (Å²) in [5.74, 6) is -0.679. The van der Waals surface area contributed by atoms with Gasteiger partial charge in [0.15, 0.2) is 6.73 Å². The van der Waals surface area contributed by atoms with Gasteiger partial charge in [0.2, 0.25) is 0 Å². The van der Waals surface area contributed by atoms with E-state index in [1.54, 1.807) is 7.05 Å². The molecule has 2 heterocycles. The number of hydrogen-bond donors (Lipinski definition) is 3. The predicted octanol–water partition coefficient (Wildman–Crippen LogP) is 3.87. The van der Waals surface area contributed by atoms with Crippen LogP contribution in [0.1, 0.15) is 16.8 Å². The van der Waals surface area contributed by atoms with Gasteiger partial charge in [-0.05, 0) is 24.6 Å². The molecule has 4 rings (SSSR count). The van der Waals surface area contributed by atoms with Crippen LogP contribution in [-0.2, 0) is 10.0 Å². The predicted molar refractivity (Wildman–Crippen MR) is 132 cm³/mol. The third-order valence-electron chi connectivity index (χ3n) is 5.10. The summed E-state index contributed by atoms with van der Waals surface area (Å²) >= 11 is 6.84. The van der Waals surface area contributed by atoms with Crippen molar-refractivity contribution in [1.29, 1.82) is 0 Å². The molecule has 186 valence electrons. The molecule has 0 fully saturated rings. The Hall–Kier alpha value is -3.16. The van der Waals surface area contributed by atoms with Gasteiger partial charge in [0.25, 0.3) is 15.9 Å². The number of hydrogen-bond acceptors (Lipinski definition) is 8. The minimum absolute atomic E-state index is 0.0252. The summed E-state index contributed by atoms with van der Waals surface area (Å²) < 4.78 is 51.4. The van der Waals surface area contributed by atoms with Crippen LogP contribution >= 0.6 is 23.4 Å². The Labute approximate surface area is 209 Å². The van der Waals surface area contributed by atoms with E-state index in [0.717, 1.165) is 17.8 Å². The van der Waals surface area contributed by atoms with Crippen LogP contribution < -0.4 is 29.7 Å². The highest BCUT2D eigenvalue weighted by Crippen LogP contribution is 2.38. The zero-order valence-electron chi connectivity index (χ0n) is 18.4. The number of anilines is 3. The fourth-order valence-electron chi connectivity index (χ4n) is 3.44. The highest BCUT2D eigenvalue weighted by Gasteiger charge is 2.31. The molecule has 0 spiro atoms. The average Bonchev–Trinajstić information content (AvgIpc) is 3.26. The number of nitrogens with zero attached hydrogens (tertiary/aromatic N) is 1. The highest BCUT2D eigenvalue weighted by molar-refractivity contribution is 8.19. The Morgan fingerprint density at radius 3 is 2.74 bits per heavy atom. The molecule has 2 aromatic carbocycles. The van der Waals surface area contributed by atoms with Crippen molar-refractivity contribution < 1.29 is 31.9 Å². The Bertz CT molecular complexity index is 1340. The van der Waals surface area contributed by atoms with E-state index in [4.69, 9.17) is 21.1 Å². The number of thioether (sulfide) groups is 1. The number of nitrogens with one attached hydrogen (secondary N) is 3. The smallest absolute Gasteiger partial charge is 0.333 e. The molecule has 14 heteroatoms. The van der Waals surface area contributed by atoms with Crippen molar-refractivity contribution in [2.45, 2.75) is 11.1 Å². The lowest BCUT2D eigenvalue weighted by atomic mass is 10.1. The number of rotatable bonds is 6. The average molecular weight is 543 g/mol. The highest BCUT2D eigenvalue weighted by atomic mass is 35.5. The third kappa shape index (κ3) is 5.11. The topological polar surface area (TPSA) is 126 Å². The molecular formula is C21H20ClFN4O6S2. The van der Waals surface area contributed by atoms with Crippen molar-refractivity contribution in [1.82, 2.24) is 4.72 Å². The molecule has 0 radical (unpaired) electrons. The number of methoxy groups -OCH3 is 1. The van der Waals surface area contributed by atoms with Crippen LogP contribution in [0, 0.1) is 5.82 Å². The number of alkyl halides is 1. The maximum Gasteiger partial charge on any atom is 0.333 e. The number of sulfonamides is 1. The summed E-state index contributed by atoms with van der Waals surface area (Å²) in [5, 5.41) is 5.10. The Morgan fingerprint density at radius 2 is 2.09 bits per heavy atom. The fraction of sp³-hybridized carbons (Fsp3) is 0.238. The Kier molecular flexibility index (Phi) is 7.01. The fourth-order valence-corrected chi connectivity index (χ4v) is 6.30. The number of allylic oxidation sites excluding steroid dienone is 1. The van der Waals surface area contributed by atoms with Crippen molar-refractivity contribution in [3.63, 3.8) is 0 Å². The van der Waals surface area contributed by atoms with E-state index >= 15 is 0 Å². The van der Waals surface area contributed by atoms with Gasteiger partial charge in [-0.1, -0.05) is 17.8 Å². The van der Waals surface area contributed by atoms with Crippen LogP contribution in [0.15, 0.2) is 40.6 Å². The number of benzene rings is 2. The summed E-state index contributed by atoms with van der Waals surface area (Å²) in [6.07, 6.45) is 1.81. The number of amides is 3. The lowest BCUT2D eigenvalue weighted by molar-refractivity contribution is 0.0935. The first-order chi connectivity index (χ1) is 16.6. The largest absolute Gasteiger partial charge is 0.494 e. The quantitative estimate of drug-likeness (QED) is 0.470. The van der Waals surface area contributed by atoms with Gasteiger partial charge >= 0.3 is 6.03 Å². The van der Waals surface area contributed by atoms with Gasteiger partial charge in [0.05, 0.1) is 28.8 Å². The SMILES string of the molecule is CNc1cc2c(cc1F)C(=O)N(c1ccc(NC(=O)NS(=O)(=O)C3=CCC(Cl)S3)cc1OC)CO2. The van der Waals surface area contributed by atoms with Crippen molar-refractivity contribution in [2.24, 2.45) is 0 Å². The number of carbonyl (C=O) groups excluding carboxylic acids is 2. The Morgan fingerprint density at radius 1 is 1.31 bits per heavy atom. The van der Waals surface area contributed by atoms with Gasteiger partial charge in [-0.25, -0.2) is 22.3 Å². The van der Waals surface area contributed by atoms with Crippen LogP contribution in [0.25, 0.3) is 0 Å². The first-order valence-corrected chi connectivity index (χ1v) is 12.9. The molecule has 0 aromatic heterocycles. The minimum atomic E-state index is -4.06. The summed E-state index contributed by atoms with van der Waals surface area (Å²) in [5.41, 5.74) is 0.751. The first kappa shape index (κ1) is 24.9. The van der Waals surface area contributed by atoms with E-state index in [0.29, 0.717) is 12.1 Å². The van der Waals surface area contributed by atoms with E-state index in [1.165, 1.54) is 42.4 Å². The second kappa shape index (κ2) is 9.84. The van der Waals surface area contributed by atoms with Crippen LogP contribution in [0.4, 0.5) is 26.2 Å². The van der Waals surface area contributed by atoms with Gasteiger partial charge in [-0.15, -0.1) is 11.6 Å². The molecule has 0 saturated heterocycles. The summed E-state index contributed by atoms with van der Waals surface area (Å²) in [6.45, 7) is -0.156. The molecule has 10 nitrogen and oxygen atoms in total. The molecule has 0 bridgehead atoms.